The van der Waals surface area contributed by atoms with Gasteiger partial charge in [-0.15, -0.1) is 16.4 Å². The maximum absolute atomic E-state index is 12.1. The molecule has 2 aromatic heterocycles. The van der Waals surface area contributed by atoms with E-state index in [4.69, 9.17) is 4.74 Å². The molecule has 0 saturated heterocycles. The Morgan fingerprint density at radius 2 is 2.10 bits per heavy atom. The number of thioether (sulfide) groups is 1. The minimum absolute atomic E-state index is 0.00444. The second kappa shape index (κ2) is 10.6. The third-order valence-corrected chi connectivity index (χ3v) is 5.51. The topological polar surface area (TPSA) is 111 Å². The van der Waals surface area contributed by atoms with Gasteiger partial charge in [-0.25, -0.2) is 4.79 Å². The minimum Gasteiger partial charge on any atom is -0.492 e. The number of urea groups is 1. The number of carbonyl (C=O) groups is 2. The van der Waals surface area contributed by atoms with Crippen LogP contribution in [0.15, 0.2) is 46.9 Å². The highest BCUT2D eigenvalue weighted by Gasteiger charge is 2.15. The zero-order valence-electron chi connectivity index (χ0n) is 15.7. The number of ether oxygens (including phenoxy) is 1. The number of nitrogens with zero attached hydrogens (tertiary/aromatic N) is 4. The van der Waals surface area contributed by atoms with Gasteiger partial charge < -0.3 is 10.1 Å². The second-order valence-corrected chi connectivity index (χ2v) is 7.67. The molecule has 1 aromatic carbocycles. The summed E-state index contributed by atoms with van der Waals surface area (Å²) in [6, 6.07) is 10.8. The van der Waals surface area contributed by atoms with Gasteiger partial charge in [0.25, 0.3) is 0 Å². The lowest BCUT2D eigenvalue weighted by molar-refractivity contribution is -0.117. The summed E-state index contributed by atoms with van der Waals surface area (Å²) in [4.78, 5) is 25.1. The van der Waals surface area contributed by atoms with Gasteiger partial charge in [-0.3, -0.25) is 10.1 Å². The highest BCUT2D eigenvalue weighted by atomic mass is 32.2. The van der Waals surface area contributed by atoms with Gasteiger partial charge in [0.05, 0.1) is 12.4 Å². The van der Waals surface area contributed by atoms with Crippen molar-refractivity contribution in [3.05, 3.63) is 46.7 Å². The van der Waals surface area contributed by atoms with Crippen molar-refractivity contribution >= 4 is 35.0 Å². The third-order valence-electron chi connectivity index (χ3n) is 3.66. The number of tetrazole rings is 1. The number of carbonyl (C=O) groups excluding carboxylic acids is 2. The molecule has 2 N–H and O–H groups in total. The monoisotopic (exact) mass is 432 g/mol. The smallest absolute Gasteiger partial charge is 0.321 e. The highest BCUT2D eigenvalue weighted by molar-refractivity contribution is 7.99. The van der Waals surface area contributed by atoms with Gasteiger partial charge in [-0.05, 0) is 47.4 Å². The van der Waals surface area contributed by atoms with E-state index in [9.17, 15) is 9.59 Å². The van der Waals surface area contributed by atoms with E-state index in [1.54, 1.807) is 11.3 Å². The Bertz CT molecular complexity index is 945. The van der Waals surface area contributed by atoms with Crippen LogP contribution in [0.3, 0.4) is 0 Å². The van der Waals surface area contributed by atoms with Crippen LogP contribution in [-0.4, -0.2) is 51.1 Å². The highest BCUT2D eigenvalue weighted by Crippen LogP contribution is 2.25. The van der Waals surface area contributed by atoms with Gasteiger partial charge in [-0.1, -0.05) is 30.0 Å². The van der Waals surface area contributed by atoms with Gasteiger partial charge in [0.1, 0.15) is 11.4 Å². The van der Waals surface area contributed by atoms with E-state index in [1.165, 1.54) is 9.56 Å². The Labute approximate surface area is 175 Å². The van der Waals surface area contributed by atoms with Crippen LogP contribution in [0.4, 0.5) is 4.79 Å². The first-order chi connectivity index (χ1) is 14.2. The molecule has 2 heterocycles. The molecule has 0 aliphatic heterocycles. The first-order valence-electron chi connectivity index (χ1n) is 8.90. The number of amides is 3. The average molecular weight is 433 g/mol. The van der Waals surface area contributed by atoms with Crippen molar-refractivity contribution in [1.29, 1.82) is 0 Å². The molecule has 3 aromatic rings. The van der Waals surface area contributed by atoms with E-state index in [0.717, 1.165) is 18.2 Å². The molecule has 11 heteroatoms. The van der Waals surface area contributed by atoms with Crippen LogP contribution in [0.2, 0.25) is 0 Å². The standard InChI is InChI=1S/C18H20N6O3S2/c1-2-27-15-8-4-3-7-14(15)24-18(21-22-23-24)29-12-16(25)20-17(26)19-10-9-13-6-5-11-28-13/h3-8,11H,2,9-10,12H2,1H3,(H2,19,20,25,26). The van der Waals surface area contributed by atoms with E-state index in [1.807, 2.05) is 48.7 Å². The van der Waals surface area contributed by atoms with E-state index < -0.39 is 11.9 Å². The lowest BCUT2D eigenvalue weighted by atomic mass is 10.3. The zero-order chi connectivity index (χ0) is 20.5. The molecule has 29 heavy (non-hydrogen) atoms. The summed E-state index contributed by atoms with van der Waals surface area (Å²) in [6.45, 7) is 2.85. The van der Waals surface area contributed by atoms with Crippen LogP contribution in [0.25, 0.3) is 5.69 Å². The van der Waals surface area contributed by atoms with Gasteiger partial charge >= 0.3 is 6.03 Å². The van der Waals surface area contributed by atoms with Gasteiger partial charge in [0, 0.05) is 11.4 Å². The Kier molecular flexibility index (Phi) is 7.59. The van der Waals surface area contributed by atoms with Gasteiger partial charge in [0.2, 0.25) is 11.1 Å². The average Bonchev–Trinajstić information content (AvgIpc) is 3.39. The predicted molar refractivity (Wildman–Crippen MR) is 111 cm³/mol. The summed E-state index contributed by atoms with van der Waals surface area (Å²) < 4.78 is 7.11. The number of hydrogen-bond donors (Lipinski definition) is 2. The van der Waals surface area contributed by atoms with Crippen molar-refractivity contribution in [2.45, 2.75) is 18.5 Å². The number of nitrogens with one attached hydrogen (secondary N) is 2. The number of rotatable bonds is 9. The van der Waals surface area contributed by atoms with E-state index in [0.29, 0.717) is 29.7 Å². The molecule has 0 aliphatic rings. The van der Waals surface area contributed by atoms with Crippen LogP contribution < -0.4 is 15.4 Å². The molecule has 3 amide bonds. The van der Waals surface area contributed by atoms with Crippen LogP contribution in [-0.2, 0) is 11.2 Å². The summed E-state index contributed by atoms with van der Waals surface area (Å²) in [7, 11) is 0. The Morgan fingerprint density at radius 3 is 2.90 bits per heavy atom. The van der Waals surface area contributed by atoms with E-state index in [2.05, 4.69) is 26.2 Å². The van der Waals surface area contributed by atoms with Crippen molar-refractivity contribution in [1.82, 2.24) is 30.8 Å². The van der Waals surface area contributed by atoms with Crippen LogP contribution in [0.1, 0.15) is 11.8 Å². The molecule has 0 spiro atoms. The van der Waals surface area contributed by atoms with Crippen molar-refractivity contribution in [3.8, 4) is 11.4 Å². The molecular formula is C18H20N6O3S2. The van der Waals surface area contributed by atoms with Gasteiger partial charge in [-0.2, -0.15) is 4.68 Å². The molecule has 3 rings (SSSR count). The lowest BCUT2D eigenvalue weighted by Gasteiger charge is -2.10. The molecule has 0 fully saturated rings. The zero-order valence-corrected chi connectivity index (χ0v) is 17.3. The van der Waals surface area contributed by atoms with Crippen LogP contribution >= 0.6 is 23.1 Å². The number of aromatic nitrogens is 4. The van der Waals surface area contributed by atoms with Crippen LogP contribution in [0, 0.1) is 0 Å². The largest absolute Gasteiger partial charge is 0.492 e. The first kappa shape index (κ1) is 20.8. The molecule has 152 valence electrons. The van der Waals surface area contributed by atoms with Crippen LogP contribution in [0.5, 0.6) is 5.75 Å². The molecule has 0 radical (unpaired) electrons. The lowest BCUT2D eigenvalue weighted by Crippen LogP contribution is -2.41. The van der Waals surface area contributed by atoms with E-state index >= 15 is 0 Å². The molecule has 0 aliphatic carbocycles. The Balaban J connectivity index is 1.50. The fraction of sp³-hybridized carbons (Fsp3) is 0.278. The minimum atomic E-state index is -0.520. The molecule has 0 atom stereocenters. The summed E-state index contributed by atoms with van der Waals surface area (Å²) in [5.41, 5.74) is 0.675. The number of benzene rings is 1. The summed E-state index contributed by atoms with van der Waals surface area (Å²) >= 11 is 2.75. The number of thiophene rings is 1. The number of imide groups is 1. The molecule has 0 saturated carbocycles. The third kappa shape index (κ3) is 6.03. The van der Waals surface area contributed by atoms with E-state index in [-0.39, 0.29) is 5.75 Å². The van der Waals surface area contributed by atoms with Crippen molar-refractivity contribution in [3.63, 3.8) is 0 Å². The summed E-state index contributed by atoms with van der Waals surface area (Å²) in [5, 5.41) is 19.0. The SMILES string of the molecule is CCOc1ccccc1-n1nnnc1SCC(=O)NC(=O)NCCc1cccs1. The Hall–Kier alpha value is -2.92. The summed E-state index contributed by atoms with van der Waals surface area (Å²) in [6.07, 6.45) is 0.724. The predicted octanol–water partition coefficient (Wildman–Crippen LogP) is 2.28. The fourth-order valence-electron chi connectivity index (χ4n) is 2.42. The van der Waals surface area contributed by atoms with Crippen molar-refractivity contribution in [2.75, 3.05) is 18.9 Å². The maximum Gasteiger partial charge on any atom is 0.321 e. The normalized spacial score (nSPS) is 10.5. The van der Waals surface area contributed by atoms with Crippen molar-refractivity contribution in [2.24, 2.45) is 0 Å². The Morgan fingerprint density at radius 1 is 1.24 bits per heavy atom. The number of hydrogen-bond acceptors (Lipinski definition) is 8. The first-order valence-corrected chi connectivity index (χ1v) is 10.8. The molecular weight excluding hydrogens is 412 g/mol. The van der Waals surface area contributed by atoms with Crippen molar-refractivity contribution < 1.29 is 14.3 Å². The quantitative estimate of drug-likeness (QED) is 0.499. The second-order valence-electron chi connectivity index (χ2n) is 5.70. The number of para-hydroxylation sites is 2. The fourth-order valence-corrected chi connectivity index (χ4v) is 3.81. The molecule has 9 nitrogen and oxygen atoms in total. The summed E-state index contributed by atoms with van der Waals surface area (Å²) in [5.74, 6) is 0.199. The van der Waals surface area contributed by atoms with Gasteiger partial charge in [0.15, 0.2) is 0 Å². The maximum atomic E-state index is 12.1. The molecule has 0 bridgehead atoms. The molecule has 0 unspecified atom stereocenters.